The van der Waals surface area contributed by atoms with Crippen LogP contribution in [0.5, 0.6) is 0 Å². The molecule has 0 bridgehead atoms. The standard InChI is InChI=1S/C12H8Cl2N2S2/c13-8-1-3-9(4-2-8)18-7-10-11(14)16-5-6-17-12(16)15-10/h1-6H,7H2. The van der Waals surface area contributed by atoms with Crippen molar-refractivity contribution in [3.8, 4) is 0 Å². The number of rotatable bonds is 3. The summed E-state index contributed by atoms with van der Waals surface area (Å²) >= 11 is 15.4. The van der Waals surface area contributed by atoms with E-state index >= 15 is 0 Å². The van der Waals surface area contributed by atoms with Gasteiger partial charge in [-0.1, -0.05) is 23.2 Å². The molecule has 2 heterocycles. The number of hydrogen-bond donors (Lipinski definition) is 0. The normalized spacial score (nSPS) is 11.2. The topological polar surface area (TPSA) is 17.3 Å². The van der Waals surface area contributed by atoms with Crippen LogP contribution in [0.4, 0.5) is 0 Å². The summed E-state index contributed by atoms with van der Waals surface area (Å²) in [6, 6.07) is 7.77. The highest BCUT2D eigenvalue weighted by atomic mass is 35.5. The Morgan fingerprint density at radius 1 is 1.22 bits per heavy atom. The van der Waals surface area contributed by atoms with E-state index in [-0.39, 0.29) is 0 Å². The van der Waals surface area contributed by atoms with Gasteiger partial charge in [-0.3, -0.25) is 4.40 Å². The highest BCUT2D eigenvalue weighted by Gasteiger charge is 2.10. The van der Waals surface area contributed by atoms with E-state index in [2.05, 4.69) is 4.98 Å². The third-order valence-electron chi connectivity index (χ3n) is 2.46. The number of nitrogens with zero attached hydrogens (tertiary/aromatic N) is 2. The maximum Gasteiger partial charge on any atom is 0.195 e. The van der Waals surface area contributed by atoms with E-state index in [1.807, 2.05) is 40.2 Å². The Bertz CT molecular complexity index is 673. The molecule has 3 aromatic rings. The number of thioether (sulfide) groups is 1. The number of hydrogen-bond acceptors (Lipinski definition) is 3. The van der Waals surface area contributed by atoms with Crippen molar-refractivity contribution in [2.24, 2.45) is 0 Å². The van der Waals surface area contributed by atoms with Crippen LogP contribution in [-0.2, 0) is 5.75 Å². The zero-order chi connectivity index (χ0) is 12.5. The molecule has 2 nitrogen and oxygen atoms in total. The van der Waals surface area contributed by atoms with Gasteiger partial charge in [0.05, 0.1) is 5.69 Å². The predicted molar refractivity (Wildman–Crippen MR) is 79.1 cm³/mol. The van der Waals surface area contributed by atoms with Crippen LogP contribution in [0.1, 0.15) is 5.69 Å². The highest BCUT2D eigenvalue weighted by molar-refractivity contribution is 7.98. The maximum absolute atomic E-state index is 6.26. The summed E-state index contributed by atoms with van der Waals surface area (Å²) in [5.41, 5.74) is 0.920. The summed E-state index contributed by atoms with van der Waals surface area (Å²) in [5, 5.41) is 3.43. The molecule has 0 spiro atoms. The molecule has 92 valence electrons. The van der Waals surface area contributed by atoms with Crippen molar-refractivity contribution in [2.45, 2.75) is 10.6 Å². The molecule has 0 aliphatic carbocycles. The largest absolute Gasteiger partial charge is 0.281 e. The van der Waals surface area contributed by atoms with Crippen LogP contribution in [-0.4, -0.2) is 9.38 Å². The SMILES string of the molecule is Clc1ccc(SCc2nc3sccn3c2Cl)cc1. The minimum atomic E-state index is 0.702. The summed E-state index contributed by atoms with van der Waals surface area (Å²) < 4.78 is 1.91. The van der Waals surface area contributed by atoms with Crippen LogP contribution < -0.4 is 0 Å². The molecule has 2 aromatic heterocycles. The summed E-state index contributed by atoms with van der Waals surface area (Å²) in [4.78, 5) is 6.60. The number of thiazole rings is 1. The van der Waals surface area contributed by atoms with Gasteiger partial charge in [0, 0.05) is 27.2 Å². The monoisotopic (exact) mass is 314 g/mol. The molecular weight excluding hydrogens is 307 g/mol. The van der Waals surface area contributed by atoms with Crippen LogP contribution in [0.25, 0.3) is 4.96 Å². The second-order valence-corrected chi connectivity index (χ2v) is 6.36. The molecule has 18 heavy (non-hydrogen) atoms. The predicted octanol–water partition coefficient (Wildman–Crippen LogP) is 4.99. The summed E-state index contributed by atoms with van der Waals surface area (Å²) in [6.07, 6.45) is 1.94. The van der Waals surface area contributed by atoms with Crippen LogP contribution in [0.2, 0.25) is 10.2 Å². The lowest BCUT2D eigenvalue weighted by atomic mass is 10.4. The number of aromatic nitrogens is 2. The van der Waals surface area contributed by atoms with Crippen molar-refractivity contribution >= 4 is 51.3 Å². The first-order chi connectivity index (χ1) is 8.74. The lowest BCUT2D eigenvalue weighted by Gasteiger charge is -2.00. The molecule has 0 amide bonds. The second-order valence-electron chi connectivity index (χ2n) is 3.65. The van der Waals surface area contributed by atoms with Crippen molar-refractivity contribution in [1.29, 1.82) is 0 Å². The van der Waals surface area contributed by atoms with Gasteiger partial charge in [-0.05, 0) is 24.3 Å². The van der Waals surface area contributed by atoms with Gasteiger partial charge in [0.2, 0.25) is 0 Å². The Morgan fingerprint density at radius 2 is 2.00 bits per heavy atom. The summed E-state index contributed by atoms with van der Waals surface area (Å²) in [5.74, 6) is 0.759. The van der Waals surface area contributed by atoms with Crippen molar-refractivity contribution in [2.75, 3.05) is 0 Å². The lowest BCUT2D eigenvalue weighted by molar-refractivity contribution is 1.21. The molecule has 0 aliphatic rings. The van der Waals surface area contributed by atoms with E-state index in [1.165, 1.54) is 0 Å². The van der Waals surface area contributed by atoms with E-state index in [9.17, 15) is 0 Å². The van der Waals surface area contributed by atoms with E-state index in [0.717, 1.165) is 26.3 Å². The van der Waals surface area contributed by atoms with Crippen LogP contribution in [0.3, 0.4) is 0 Å². The minimum absolute atomic E-state index is 0.702. The molecule has 0 aliphatic heterocycles. The van der Waals surface area contributed by atoms with Crippen LogP contribution >= 0.6 is 46.3 Å². The second kappa shape index (κ2) is 5.13. The Labute approximate surface area is 123 Å². The molecule has 0 fully saturated rings. The minimum Gasteiger partial charge on any atom is -0.281 e. The van der Waals surface area contributed by atoms with Crippen molar-refractivity contribution in [1.82, 2.24) is 9.38 Å². The smallest absolute Gasteiger partial charge is 0.195 e. The Morgan fingerprint density at radius 3 is 2.72 bits per heavy atom. The van der Waals surface area contributed by atoms with Crippen molar-refractivity contribution < 1.29 is 0 Å². The number of halogens is 2. The van der Waals surface area contributed by atoms with Gasteiger partial charge in [-0.25, -0.2) is 4.98 Å². The lowest BCUT2D eigenvalue weighted by Crippen LogP contribution is -1.82. The fourth-order valence-electron chi connectivity index (χ4n) is 1.58. The van der Waals surface area contributed by atoms with Gasteiger partial charge >= 0.3 is 0 Å². The van der Waals surface area contributed by atoms with Crippen LogP contribution in [0, 0.1) is 0 Å². The van der Waals surface area contributed by atoms with Gasteiger partial charge in [0.1, 0.15) is 5.15 Å². The Hall–Kier alpha value is -0.680. The van der Waals surface area contributed by atoms with Gasteiger partial charge in [0.25, 0.3) is 0 Å². The molecule has 0 radical (unpaired) electrons. The highest BCUT2D eigenvalue weighted by Crippen LogP contribution is 2.29. The zero-order valence-corrected chi connectivity index (χ0v) is 12.3. The van der Waals surface area contributed by atoms with E-state index in [0.29, 0.717) is 5.15 Å². The molecule has 3 rings (SSSR count). The Kier molecular flexibility index (Phi) is 3.52. The number of imidazole rings is 1. The molecule has 0 unspecified atom stereocenters. The first-order valence-corrected chi connectivity index (χ1v) is 7.84. The molecule has 0 atom stereocenters. The third-order valence-corrected chi connectivity index (χ3v) is 4.89. The zero-order valence-electron chi connectivity index (χ0n) is 9.14. The quantitative estimate of drug-likeness (QED) is 0.633. The number of benzene rings is 1. The van der Waals surface area contributed by atoms with E-state index < -0.39 is 0 Å². The van der Waals surface area contributed by atoms with E-state index in [4.69, 9.17) is 23.2 Å². The molecule has 0 saturated carbocycles. The summed E-state index contributed by atoms with van der Waals surface area (Å²) in [6.45, 7) is 0. The third kappa shape index (κ3) is 2.38. The molecule has 0 saturated heterocycles. The van der Waals surface area contributed by atoms with Crippen molar-refractivity contribution in [3.05, 3.63) is 51.7 Å². The average Bonchev–Trinajstić information content (AvgIpc) is 2.93. The first-order valence-electron chi connectivity index (χ1n) is 5.22. The molecular formula is C12H8Cl2N2S2. The van der Waals surface area contributed by atoms with Crippen LogP contribution in [0.15, 0.2) is 40.7 Å². The van der Waals surface area contributed by atoms with Gasteiger partial charge in [-0.15, -0.1) is 23.1 Å². The Balaban J connectivity index is 1.78. The van der Waals surface area contributed by atoms with Gasteiger partial charge in [0.15, 0.2) is 4.96 Å². The molecule has 0 N–H and O–H groups in total. The average molecular weight is 315 g/mol. The molecule has 6 heteroatoms. The van der Waals surface area contributed by atoms with Crippen molar-refractivity contribution in [3.63, 3.8) is 0 Å². The fourth-order valence-corrected chi connectivity index (χ4v) is 3.64. The van der Waals surface area contributed by atoms with E-state index in [1.54, 1.807) is 23.1 Å². The summed E-state index contributed by atoms with van der Waals surface area (Å²) in [7, 11) is 0. The maximum atomic E-state index is 6.26. The fraction of sp³-hybridized carbons (Fsp3) is 0.0833. The first kappa shape index (κ1) is 12.4. The number of fused-ring (bicyclic) bond motifs is 1. The van der Waals surface area contributed by atoms with Gasteiger partial charge < -0.3 is 0 Å². The molecule has 1 aromatic carbocycles. The van der Waals surface area contributed by atoms with Gasteiger partial charge in [-0.2, -0.15) is 0 Å².